The van der Waals surface area contributed by atoms with Crippen LogP contribution in [-0.2, 0) is 6.54 Å². The van der Waals surface area contributed by atoms with Gasteiger partial charge >= 0.3 is 0 Å². The van der Waals surface area contributed by atoms with Crippen LogP contribution in [0.15, 0.2) is 30.7 Å². The predicted octanol–water partition coefficient (Wildman–Crippen LogP) is 1.02. The molecule has 0 atom stereocenters. The van der Waals surface area contributed by atoms with Crippen molar-refractivity contribution in [2.45, 2.75) is 6.54 Å². The number of hydrogen-bond donors (Lipinski definition) is 2. The summed E-state index contributed by atoms with van der Waals surface area (Å²) >= 11 is 0. The van der Waals surface area contributed by atoms with Crippen LogP contribution < -0.4 is 10.6 Å². The normalized spacial score (nSPS) is 10.2. The summed E-state index contributed by atoms with van der Waals surface area (Å²) in [7, 11) is 1.97. The Hall–Kier alpha value is -2.04. The van der Waals surface area contributed by atoms with Crippen LogP contribution in [0.4, 0.5) is 11.5 Å². The molecule has 0 saturated heterocycles. The Morgan fingerprint density at radius 1 is 1.40 bits per heavy atom. The van der Waals surface area contributed by atoms with Crippen molar-refractivity contribution in [3.63, 3.8) is 0 Å². The van der Waals surface area contributed by atoms with Crippen molar-refractivity contribution >= 4 is 11.5 Å². The summed E-state index contributed by atoms with van der Waals surface area (Å²) < 4.78 is 0. The van der Waals surface area contributed by atoms with Crippen molar-refractivity contribution in [3.05, 3.63) is 36.3 Å². The van der Waals surface area contributed by atoms with Crippen molar-refractivity contribution in [2.24, 2.45) is 0 Å². The van der Waals surface area contributed by atoms with Crippen molar-refractivity contribution in [3.8, 4) is 0 Å². The van der Waals surface area contributed by atoms with E-state index >= 15 is 0 Å². The molecule has 0 aliphatic rings. The number of nitrogen functional groups attached to an aromatic ring is 1. The van der Waals surface area contributed by atoms with E-state index in [0.717, 1.165) is 12.2 Å². The monoisotopic (exact) mass is 203 g/mol. The SMILES string of the molecule is CN(Cc1ccncc1)c1cn[nH]c1N. The molecule has 0 spiro atoms. The molecule has 78 valence electrons. The zero-order chi connectivity index (χ0) is 10.7. The summed E-state index contributed by atoms with van der Waals surface area (Å²) in [5.74, 6) is 0.589. The molecule has 2 heterocycles. The molecular formula is C10H13N5. The molecule has 0 unspecified atom stereocenters. The highest BCUT2D eigenvalue weighted by Crippen LogP contribution is 2.19. The van der Waals surface area contributed by atoms with E-state index in [0.29, 0.717) is 5.82 Å². The summed E-state index contributed by atoms with van der Waals surface area (Å²) in [6.45, 7) is 0.784. The molecule has 0 saturated carbocycles. The molecule has 0 aromatic carbocycles. The van der Waals surface area contributed by atoms with E-state index in [1.54, 1.807) is 18.6 Å². The summed E-state index contributed by atoms with van der Waals surface area (Å²) in [6, 6.07) is 3.96. The van der Waals surface area contributed by atoms with Gasteiger partial charge in [0, 0.05) is 26.0 Å². The predicted molar refractivity (Wildman–Crippen MR) is 59.3 cm³/mol. The fraction of sp³-hybridized carbons (Fsp3) is 0.200. The van der Waals surface area contributed by atoms with Gasteiger partial charge in [-0.25, -0.2) is 0 Å². The number of pyridine rings is 1. The molecule has 2 rings (SSSR count). The van der Waals surface area contributed by atoms with Crippen molar-refractivity contribution in [1.82, 2.24) is 15.2 Å². The molecule has 0 aliphatic carbocycles. The summed E-state index contributed by atoms with van der Waals surface area (Å²) in [5, 5.41) is 6.59. The molecule has 2 aromatic heterocycles. The quantitative estimate of drug-likeness (QED) is 0.781. The molecule has 0 aliphatic heterocycles. The van der Waals surface area contributed by atoms with Crippen LogP contribution in [0.25, 0.3) is 0 Å². The van der Waals surface area contributed by atoms with Crippen LogP contribution >= 0.6 is 0 Å². The number of nitrogens with zero attached hydrogens (tertiary/aromatic N) is 3. The fourth-order valence-corrected chi connectivity index (χ4v) is 1.44. The van der Waals surface area contributed by atoms with E-state index in [2.05, 4.69) is 15.2 Å². The van der Waals surface area contributed by atoms with Gasteiger partial charge in [-0.1, -0.05) is 0 Å². The van der Waals surface area contributed by atoms with Gasteiger partial charge in [0.15, 0.2) is 0 Å². The third kappa shape index (κ3) is 2.07. The average Bonchev–Trinajstić information content (AvgIpc) is 2.66. The summed E-state index contributed by atoms with van der Waals surface area (Å²) in [6.07, 6.45) is 5.28. The lowest BCUT2D eigenvalue weighted by Crippen LogP contribution is -2.16. The van der Waals surface area contributed by atoms with Crippen molar-refractivity contribution in [1.29, 1.82) is 0 Å². The van der Waals surface area contributed by atoms with E-state index in [9.17, 15) is 0 Å². The van der Waals surface area contributed by atoms with Crippen LogP contribution in [0.3, 0.4) is 0 Å². The smallest absolute Gasteiger partial charge is 0.142 e. The Morgan fingerprint density at radius 3 is 2.73 bits per heavy atom. The molecule has 5 nitrogen and oxygen atoms in total. The minimum atomic E-state index is 0.589. The van der Waals surface area contributed by atoms with Crippen molar-refractivity contribution < 1.29 is 0 Å². The lowest BCUT2D eigenvalue weighted by Gasteiger charge is -2.17. The van der Waals surface area contributed by atoms with Crippen LogP contribution in [-0.4, -0.2) is 22.2 Å². The molecule has 0 bridgehead atoms. The molecule has 0 amide bonds. The first-order chi connectivity index (χ1) is 7.27. The Kier molecular flexibility index (Phi) is 2.53. The second-order valence-electron chi connectivity index (χ2n) is 3.38. The first-order valence-corrected chi connectivity index (χ1v) is 4.66. The van der Waals surface area contributed by atoms with Crippen LogP contribution in [0.5, 0.6) is 0 Å². The third-order valence-electron chi connectivity index (χ3n) is 2.23. The van der Waals surface area contributed by atoms with Gasteiger partial charge in [-0.3, -0.25) is 10.1 Å². The van der Waals surface area contributed by atoms with Gasteiger partial charge in [0.25, 0.3) is 0 Å². The Labute approximate surface area is 87.9 Å². The highest BCUT2D eigenvalue weighted by Gasteiger charge is 2.07. The first-order valence-electron chi connectivity index (χ1n) is 4.66. The highest BCUT2D eigenvalue weighted by molar-refractivity contribution is 5.61. The molecule has 0 fully saturated rings. The number of nitrogens with one attached hydrogen (secondary N) is 1. The number of rotatable bonds is 3. The molecule has 0 radical (unpaired) electrons. The molecule has 5 heteroatoms. The van der Waals surface area contributed by atoms with Gasteiger partial charge in [0.05, 0.1) is 11.9 Å². The van der Waals surface area contributed by atoms with Crippen LogP contribution in [0.2, 0.25) is 0 Å². The number of aromatic nitrogens is 3. The number of hydrogen-bond acceptors (Lipinski definition) is 4. The fourth-order valence-electron chi connectivity index (χ4n) is 1.44. The molecule has 3 N–H and O–H groups in total. The van der Waals surface area contributed by atoms with Gasteiger partial charge < -0.3 is 10.6 Å². The minimum Gasteiger partial charge on any atom is -0.382 e. The number of anilines is 2. The maximum Gasteiger partial charge on any atom is 0.142 e. The molecule has 2 aromatic rings. The Bertz CT molecular complexity index is 422. The molecular weight excluding hydrogens is 190 g/mol. The summed E-state index contributed by atoms with van der Waals surface area (Å²) in [4.78, 5) is 6.01. The molecule has 15 heavy (non-hydrogen) atoms. The van der Waals surface area contributed by atoms with E-state index in [4.69, 9.17) is 5.73 Å². The second kappa shape index (κ2) is 4.00. The summed E-state index contributed by atoms with van der Waals surface area (Å²) in [5.41, 5.74) is 7.82. The van der Waals surface area contributed by atoms with E-state index in [-0.39, 0.29) is 0 Å². The lowest BCUT2D eigenvalue weighted by atomic mass is 10.2. The van der Waals surface area contributed by atoms with Crippen LogP contribution in [0.1, 0.15) is 5.56 Å². The van der Waals surface area contributed by atoms with E-state index in [1.807, 2.05) is 24.1 Å². The van der Waals surface area contributed by atoms with Gasteiger partial charge in [0.1, 0.15) is 5.82 Å². The van der Waals surface area contributed by atoms with E-state index in [1.165, 1.54) is 5.56 Å². The van der Waals surface area contributed by atoms with Gasteiger partial charge in [-0.2, -0.15) is 5.10 Å². The largest absolute Gasteiger partial charge is 0.382 e. The zero-order valence-electron chi connectivity index (χ0n) is 8.51. The second-order valence-corrected chi connectivity index (χ2v) is 3.38. The lowest BCUT2D eigenvalue weighted by molar-refractivity contribution is 0.922. The first kappa shape index (κ1) is 9.51. The maximum atomic E-state index is 5.72. The number of H-pyrrole nitrogens is 1. The maximum absolute atomic E-state index is 5.72. The number of nitrogens with two attached hydrogens (primary N) is 1. The highest BCUT2D eigenvalue weighted by atomic mass is 15.2. The number of aromatic amines is 1. The third-order valence-corrected chi connectivity index (χ3v) is 2.23. The van der Waals surface area contributed by atoms with Crippen molar-refractivity contribution in [2.75, 3.05) is 17.7 Å². The Morgan fingerprint density at radius 2 is 2.13 bits per heavy atom. The van der Waals surface area contributed by atoms with E-state index < -0.39 is 0 Å². The van der Waals surface area contributed by atoms with Gasteiger partial charge in [0.2, 0.25) is 0 Å². The van der Waals surface area contributed by atoms with Crippen LogP contribution in [0, 0.1) is 0 Å². The minimum absolute atomic E-state index is 0.589. The topological polar surface area (TPSA) is 70.8 Å². The Balaban J connectivity index is 2.11. The van der Waals surface area contributed by atoms with Gasteiger partial charge in [-0.05, 0) is 17.7 Å². The van der Waals surface area contributed by atoms with Gasteiger partial charge in [-0.15, -0.1) is 0 Å². The average molecular weight is 203 g/mol. The zero-order valence-corrected chi connectivity index (χ0v) is 8.51. The standard InChI is InChI=1S/C10H13N5/c1-15(9-6-13-14-10(9)11)7-8-2-4-12-5-3-8/h2-6H,7H2,1H3,(H3,11,13,14).